The summed E-state index contributed by atoms with van der Waals surface area (Å²) in [5.74, 6) is 0.295. The summed E-state index contributed by atoms with van der Waals surface area (Å²) in [5.41, 5.74) is 8.26. The van der Waals surface area contributed by atoms with Gasteiger partial charge in [0.25, 0.3) is 0 Å². The molecule has 20 heavy (non-hydrogen) atoms. The molecule has 0 aromatic carbocycles. The first kappa shape index (κ1) is 16.8. The van der Waals surface area contributed by atoms with Crippen LogP contribution in [0.2, 0.25) is 0 Å². The van der Waals surface area contributed by atoms with Crippen LogP contribution >= 0.6 is 0 Å². The van der Waals surface area contributed by atoms with Crippen LogP contribution in [0.15, 0.2) is 0 Å². The minimum absolute atomic E-state index is 0.234. The maximum Gasteiger partial charge on any atom is 0.411 e. The van der Waals surface area contributed by atoms with Crippen LogP contribution in [0.4, 0.5) is 13.2 Å². The number of halogens is 3. The van der Waals surface area contributed by atoms with Gasteiger partial charge >= 0.3 is 6.18 Å². The Morgan fingerprint density at radius 2 is 1.65 bits per heavy atom. The average molecular weight is 291 g/mol. The van der Waals surface area contributed by atoms with Crippen LogP contribution in [0.1, 0.15) is 36.6 Å². The van der Waals surface area contributed by atoms with Gasteiger partial charge in [-0.3, -0.25) is 0 Å². The van der Waals surface area contributed by atoms with Crippen LogP contribution in [0.25, 0.3) is 0 Å². The molecular weight excluding hydrogens is 271 g/mol. The van der Waals surface area contributed by atoms with E-state index in [-0.39, 0.29) is 6.61 Å². The van der Waals surface area contributed by atoms with E-state index in [9.17, 15) is 13.2 Å². The second-order valence-electron chi connectivity index (χ2n) is 4.37. The van der Waals surface area contributed by atoms with Gasteiger partial charge in [-0.2, -0.15) is 13.2 Å². The SMILES string of the molecule is CCc1nc(COCC(F)(F)F)nc(CC)c1CCN. The molecule has 0 amide bonds. The molecule has 7 heteroatoms. The molecule has 0 aliphatic heterocycles. The molecule has 0 fully saturated rings. The van der Waals surface area contributed by atoms with Gasteiger partial charge < -0.3 is 10.5 Å². The highest BCUT2D eigenvalue weighted by atomic mass is 19.4. The predicted molar refractivity (Wildman–Crippen MR) is 69.3 cm³/mol. The van der Waals surface area contributed by atoms with Gasteiger partial charge in [0.15, 0.2) is 5.82 Å². The van der Waals surface area contributed by atoms with E-state index in [1.54, 1.807) is 0 Å². The molecular formula is C13H20F3N3O. The number of hydrogen-bond acceptors (Lipinski definition) is 4. The molecule has 0 aliphatic carbocycles. The number of nitrogens with two attached hydrogens (primary N) is 1. The minimum Gasteiger partial charge on any atom is -0.364 e. The second-order valence-corrected chi connectivity index (χ2v) is 4.37. The maximum absolute atomic E-state index is 12.0. The molecule has 114 valence electrons. The van der Waals surface area contributed by atoms with Gasteiger partial charge in [-0.05, 0) is 31.4 Å². The summed E-state index contributed by atoms with van der Waals surface area (Å²) < 4.78 is 40.7. The first-order valence-corrected chi connectivity index (χ1v) is 6.63. The number of hydrogen-bond donors (Lipinski definition) is 1. The van der Waals surface area contributed by atoms with Crippen molar-refractivity contribution in [3.63, 3.8) is 0 Å². The average Bonchev–Trinajstić information content (AvgIpc) is 2.38. The molecule has 1 aromatic rings. The van der Waals surface area contributed by atoms with E-state index in [1.807, 2.05) is 13.8 Å². The number of aromatic nitrogens is 2. The monoisotopic (exact) mass is 291 g/mol. The predicted octanol–water partition coefficient (Wildman–Crippen LogP) is 2.18. The fourth-order valence-electron chi connectivity index (χ4n) is 1.98. The van der Waals surface area contributed by atoms with Crippen molar-refractivity contribution in [1.29, 1.82) is 0 Å². The normalized spacial score (nSPS) is 11.9. The Labute approximate surface area is 116 Å². The fraction of sp³-hybridized carbons (Fsp3) is 0.692. The van der Waals surface area contributed by atoms with Gasteiger partial charge in [0.05, 0.1) is 0 Å². The smallest absolute Gasteiger partial charge is 0.364 e. The van der Waals surface area contributed by atoms with Gasteiger partial charge in [-0.25, -0.2) is 9.97 Å². The Morgan fingerprint density at radius 3 is 2.05 bits per heavy atom. The highest BCUT2D eigenvalue weighted by Gasteiger charge is 2.27. The zero-order valence-corrected chi connectivity index (χ0v) is 11.8. The number of aryl methyl sites for hydroxylation is 2. The topological polar surface area (TPSA) is 61.0 Å². The zero-order valence-electron chi connectivity index (χ0n) is 11.8. The number of rotatable bonds is 7. The van der Waals surface area contributed by atoms with Crippen LogP contribution in [0.5, 0.6) is 0 Å². The molecule has 2 N–H and O–H groups in total. The fourth-order valence-corrected chi connectivity index (χ4v) is 1.98. The molecule has 0 atom stereocenters. The van der Waals surface area contributed by atoms with Crippen molar-refractivity contribution < 1.29 is 17.9 Å². The van der Waals surface area contributed by atoms with E-state index in [1.165, 1.54) is 0 Å². The van der Waals surface area contributed by atoms with Crippen LogP contribution in [0, 0.1) is 0 Å². The first-order chi connectivity index (χ1) is 9.41. The number of ether oxygens (including phenoxy) is 1. The standard InChI is InChI=1S/C13H20F3N3O/c1-3-10-9(5-6-17)11(4-2)19-12(18-10)7-20-8-13(14,15)16/h3-8,17H2,1-2H3. The van der Waals surface area contributed by atoms with E-state index in [0.717, 1.165) is 17.0 Å². The van der Waals surface area contributed by atoms with Crippen molar-refractivity contribution in [1.82, 2.24) is 9.97 Å². The zero-order chi connectivity index (χ0) is 15.2. The van der Waals surface area contributed by atoms with Crippen molar-refractivity contribution in [3.8, 4) is 0 Å². The lowest BCUT2D eigenvalue weighted by Crippen LogP contribution is -2.18. The molecule has 0 unspecified atom stereocenters. The molecule has 1 aromatic heterocycles. The van der Waals surface area contributed by atoms with Crippen molar-refractivity contribution in [3.05, 3.63) is 22.8 Å². The molecule has 1 heterocycles. The van der Waals surface area contributed by atoms with Gasteiger partial charge in [0.2, 0.25) is 0 Å². The number of nitrogens with zero attached hydrogens (tertiary/aromatic N) is 2. The Kier molecular flexibility index (Phi) is 6.35. The third kappa shape index (κ3) is 5.05. The van der Waals surface area contributed by atoms with Crippen LogP contribution < -0.4 is 5.73 Å². The second kappa shape index (κ2) is 7.54. The molecule has 0 spiro atoms. The lowest BCUT2D eigenvalue weighted by Gasteiger charge is -2.13. The quantitative estimate of drug-likeness (QED) is 0.836. The summed E-state index contributed by atoms with van der Waals surface area (Å²) in [4.78, 5) is 8.56. The molecule has 0 saturated carbocycles. The van der Waals surface area contributed by atoms with E-state index >= 15 is 0 Å². The molecule has 0 aliphatic rings. The van der Waals surface area contributed by atoms with Crippen molar-refractivity contribution >= 4 is 0 Å². The van der Waals surface area contributed by atoms with E-state index in [2.05, 4.69) is 14.7 Å². The highest BCUT2D eigenvalue weighted by Crippen LogP contribution is 2.17. The summed E-state index contributed by atoms with van der Waals surface area (Å²) >= 11 is 0. The van der Waals surface area contributed by atoms with Gasteiger partial charge in [0.1, 0.15) is 13.2 Å². The Balaban J connectivity index is 2.87. The summed E-state index contributed by atoms with van der Waals surface area (Å²) in [6, 6.07) is 0. The van der Waals surface area contributed by atoms with Crippen molar-refractivity contribution in [2.75, 3.05) is 13.2 Å². The highest BCUT2D eigenvalue weighted by molar-refractivity contribution is 5.27. The lowest BCUT2D eigenvalue weighted by atomic mass is 10.0. The molecule has 0 radical (unpaired) electrons. The van der Waals surface area contributed by atoms with E-state index < -0.39 is 12.8 Å². The lowest BCUT2D eigenvalue weighted by molar-refractivity contribution is -0.177. The molecule has 0 bridgehead atoms. The maximum atomic E-state index is 12.0. The first-order valence-electron chi connectivity index (χ1n) is 6.63. The van der Waals surface area contributed by atoms with Crippen LogP contribution in [-0.2, 0) is 30.6 Å². The van der Waals surface area contributed by atoms with Crippen molar-refractivity contribution in [2.24, 2.45) is 5.73 Å². The van der Waals surface area contributed by atoms with E-state index in [4.69, 9.17) is 5.73 Å². The largest absolute Gasteiger partial charge is 0.411 e. The minimum atomic E-state index is -4.33. The summed E-state index contributed by atoms with van der Waals surface area (Å²) in [6.07, 6.45) is -2.27. The van der Waals surface area contributed by atoms with Gasteiger partial charge in [-0.1, -0.05) is 13.8 Å². The molecule has 0 saturated heterocycles. The van der Waals surface area contributed by atoms with Crippen molar-refractivity contribution in [2.45, 2.75) is 45.9 Å². The Morgan fingerprint density at radius 1 is 1.10 bits per heavy atom. The third-order valence-corrected chi connectivity index (χ3v) is 2.79. The Hall–Kier alpha value is -1.21. The van der Waals surface area contributed by atoms with E-state index in [0.29, 0.717) is 31.6 Å². The van der Waals surface area contributed by atoms with Crippen LogP contribution in [-0.4, -0.2) is 29.3 Å². The summed E-state index contributed by atoms with van der Waals surface area (Å²) in [5, 5.41) is 0. The molecule has 4 nitrogen and oxygen atoms in total. The van der Waals surface area contributed by atoms with Gasteiger partial charge in [0, 0.05) is 11.4 Å². The number of alkyl halides is 3. The molecule has 1 rings (SSSR count). The third-order valence-electron chi connectivity index (χ3n) is 2.79. The summed E-state index contributed by atoms with van der Waals surface area (Å²) in [6.45, 7) is 2.86. The van der Waals surface area contributed by atoms with Gasteiger partial charge in [-0.15, -0.1) is 0 Å². The Bertz CT molecular complexity index is 410. The summed E-state index contributed by atoms with van der Waals surface area (Å²) in [7, 11) is 0. The van der Waals surface area contributed by atoms with Crippen LogP contribution in [0.3, 0.4) is 0 Å².